The van der Waals surface area contributed by atoms with E-state index in [1.54, 1.807) is 0 Å². The van der Waals surface area contributed by atoms with E-state index in [1.165, 1.54) is 0 Å². The Hall–Kier alpha value is -0.0800. The molecule has 2 nitrogen and oxygen atoms in total. The van der Waals surface area contributed by atoms with E-state index in [0.29, 0.717) is 6.04 Å². The fourth-order valence-corrected chi connectivity index (χ4v) is 0.620. The molecule has 1 rings (SSSR count). The maximum Gasteiger partial charge on any atom is 0.0620 e. The van der Waals surface area contributed by atoms with E-state index in [9.17, 15) is 0 Å². The Labute approximate surface area is 43.9 Å². The fourth-order valence-electron chi connectivity index (χ4n) is 0.620. The standard InChI is InChI=1S/C5H10NO/c1-5-4-7-3-2-6-5/h5-6H,1-4H2/t5-/m1/s1. The minimum absolute atomic E-state index is 0.314. The molecule has 2 heteroatoms. The molecule has 7 heavy (non-hydrogen) atoms. The molecule has 1 radical (unpaired) electrons. The Morgan fingerprint density at radius 1 is 1.71 bits per heavy atom. The summed E-state index contributed by atoms with van der Waals surface area (Å²) in [5, 5.41) is 3.15. The third-order valence-corrected chi connectivity index (χ3v) is 0.998. The highest BCUT2D eigenvalue weighted by atomic mass is 16.5. The second-order valence-corrected chi connectivity index (χ2v) is 1.73. The van der Waals surface area contributed by atoms with Crippen LogP contribution in [0.25, 0.3) is 0 Å². The summed E-state index contributed by atoms with van der Waals surface area (Å²) in [5.74, 6) is 0. The summed E-state index contributed by atoms with van der Waals surface area (Å²) < 4.78 is 5.06. The molecule has 0 aromatic rings. The predicted molar refractivity (Wildman–Crippen MR) is 28.0 cm³/mol. The molecule has 0 aliphatic carbocycles. The highest BCUT2D eigenvalue weighted by Crippen LogP contribution is 1.87. The zero-order chi connectivity index (χ0) is 5.11. The summed E-state index contributed by atoms with van der Waals surface area (Å²) in [6, 6.07) is 0.314. The van der Waals surface area contributed by atoms with Crippen LogP contribution in [0.3, 0.4) is 0 Å². The van der Waals surface area contributed by atoms with Gasteiger partial charge < -0.3 is 10.1 Å². The summed E-state index contributed by atoms with van der Waals surface area (Å²) in [6.07, 6.45) is 0. The number of hydrogen-bond acceptors (Lipinski definition) is 2. The van der Waals surface area contributed by atoms with Crippen LogP contribution in [0.2, 0.25) is 0 Å². The van der Waals surface area contributed by atoms with E-state index < -0.39 is 0 Å². The van der Waals surface area contributed by atoms with Crippen molar-refractivity contribution in [1.82, 2.24) is 5.32 Å². The lowest BCUT2D eigenvalue weighted by Crippen LogP contribution is -2.38. The van der Waals surface area contributed by atoms with Crippen LogP contribution in [0.4, 0.5) is 0 Å². The quantitative estimate of drug-likeness (QED) is 0.455. The van der Waals surface area contributed by atoms with Crippen molar-refractivity contribution >= 4 is 0 Å². The normalized spacial score (nSPS) is 33.0. The molecule has 0 bridgehead atoms. The predicted octanol–water partition coefficient (Wildman–Crippen LogP) is -0.191. The molecular weight excluding hydrogens is 90.1 g/mol. The Balaban J connectivity index is 2.12. The molecule has 41 valence electrons. The second kappa shape index (κ2) is 2.28. The van der Waals surface area contributed by atoms with Crippen molar-refractivity contribution < 1.29 is 4.74 Å². The van der Waals surface area contributed by atoms with E-state index in [1.807, 2.05) is 0 Å². The van der Waals surface area contributed by atoms with Crippen LogP contribution in [0.1, 0.15) is 0 Å². The van der Waals surface area contributed by atoms with Gasteiger partial charge in [0.25, 0.3) is 0 Å². The van der Waals surface area contributed by atoms with Crippen molar-refractivity contribution in [2.24, 2.45) is 0 Å². The summed E-state index contributed by atoms with van der Waals surface area (Å²) in [6.45, 7) is 6.32. The molecule has 1 fully saturated rings. The van der Waals surface area contributed by atoms with Gasteiger partial charge in [0.1, 0.15) is 0 Å². The summed E-state index contributed by atoms with van der Waals surface area (Å²) in [7, 11) is 0. The van der Waals surface area contributed by atoms with Crippen molar-refractivity contribution in [2.75, 3.05) is 19.8 Å². The first-order valence-electron chi connectivity index (χ1n) is 2.54. The zero-order valence-electron chi connectivity index (χ0n) is 4.31. The average Bonchev–Trinajstić information content (AvgIpc) is 1.69. The maximum absolute atomic E-state index is 5.06. The molecule has 1 aliphatic rings. The van der Waals surface area contributed by atoms with Gasteiger partial charge in [0, 0.05) is 12.6 Å². The van der Waals surface area contributed by atoms with Crippen molar-refractivity contribution in [3.8, 4) is 0 Å². The smallest absolute Gasteiger partial charge is 0.0620 e. The molecule has 0 aromatic heterocycles. The van der Waals surface area contributed by atoms with Gasteiger partial charge in [0.2, 0.25) is 0 Å². The first-order chi connectivity index (χ1) is 3.39. The number of hydrogen-bond donors (Lipinski definition) is 1. The first kappa shape index (κ1) is 5.06. The zero-order valence-corrected chi connectivity index (χ0v) is 4.31. The Bertz CT molecular complexity index is 50.0. The van der Waals surface area contributed by atoms with Gasteiger partial charge >= 0.3 is 0 Å². The van der Waals surface area contributed by atoms with E-state index in [4.69, 9.17) is 4.74 Å². The molecule has 1 heterocycles. The van der Waals surface area contributed by atoms with Crippen molar-refractivity contribution in [3.63, 3.8) is 0 Å². The number of nitrogens with one attached hydrogen (secondary N) is 1. The van der Waals surface area contributed by atoms with E-state index in [-0.39, 0.29) is 0 Å². The third-order valence-electron chi connectivity index (χ3n) is 0.998. The molecule has 1 N–H and O–H groups in total. The number of rotatable bonds is 0. The van der Waals surface area contributed by atoms with E-state index in [2.05, 4.69) is 12.2 Å². The van der Waals surface area contributed by atoms with Crippen LogP contribution >= 0.6 is 0 Å². The van der Waals surface area contributed by atoms with Gasteiger partial charge in [0.05, 0.1) is 13.2 Å². The largest absolute Gasteiger partial charge is 0.379 e. The first-order valence-corrected chi connectivity index (χ1v) is 2.54. The lowest BCUT2D eigenvalue weighted by Gasteiger charge is -2.18. The third kappa shape index (κ3) is 1.45. The Kier molecular flexibility index (Phi) is 1.65. The van der Waals surface area contributed by atoms with Crippen LogP contribution in [0.5, 0.6) is 0 Å². The number of morpholine rings is 1. The van der Waals surface area contributed by atoms with Crippen LogP contribution in [-0.4, -0.2) is 25.8 Å². The molecule has 0 unspecified atom stereocenters. The van der Waals surface area contributed by atoms with Gasteiger partial charge in [-0.3, -0.25) is 0 Å². The van der Waals surface area contributed by atoms with Gasteiger partial charge in [-0.1, -0.05) is 0 Å². The van der Waals surface area contributed by atoms with Gasteiger partial charge in [-0.05, 0) is 6.92 Å². The molecule has 1 aliphatic heterocycles. The summed E-state index contributed by atoms with van der Waals surface area (Å²) >= 11 is 0. The van der Waals surface area contributed by atoms with Gasteiger partial charge in [-0.2, -0.15) is 0 Å². The van der Waals surface area contributed by atoms with E-state index in [0.717, 1.165) is 19.8 Å². The van der Waals surface area contributed by atoms with Crippen molar-refractivity contribution in [3.05, 3.63) is 6.92 Å². The minimum Gasteiger partial charge on any atom is -0.379 e. The highest BCUT2D eigenvalue weighted by molar-refractivity contribution is 4.70. The Morgan fingerprint density at radius 2 is 2.57 bits per heavy atom. The molecule has 1 atom stereocenters. The van der Waals surface area contributed by atoms with Gasteiger partial charge in [0.15, 0.2) is 0 Å². The average molecular weight is 100 g/mol. The Morgan fingerprint density at radius 3 is 2.86 bits per heavy atom. The fraction of sp³-hybridized carbons (Fsp3) is 0.800. The molecular formula is C5H10NO. The van der Waals surface area contributed by atoms with Crippen LogP contribution in [0.15, 0.2) is 0 Å². The molecule has 0 spiro atoms. The molecule has 0 saturated carbocycles. The van der Waals surface area contributed by atoms with Crippen LogP contribution in [0, 0.1) is 6.92 Å². The lowest BCUT2D eigenvalue weighted by molar-refractivity contribution is 0.0894. The van der Waals surface area contributed by atoms with Crippen LogP contribution < -0.4 is 5.32 Å². The van der Waals surface area contributed by atoms with Crippen LogP contribution in [-0.2, 0) is 4.74 Å². The highest BCUT2D eigenvalue weighted by Gasteiger charge is 2.04. The van der Waals surface area contributed by atoms with E-state index >= 15 is 0 Å². The topological polar surface area (TPSA) is 21.3 Å². The monoisotopic (exact) mass is 100 g/mol. The molecule has 0 amide bonds. The maximum atomic E-state index is 5.06. The van der Waals surface area contributed by atoms with Crippen molar-refractivity contribution in [1.29, 1.82) is 0 Å². The van der Waals surface area contributed by atoms with Gasteiger partial charge in [-0.15, -0.1) is 0 Å². The molecule has 1 saturated heterocycles. The number of ether oxygens (including phenoxy) is 1. The van der Waals surface area contributed by atoms with Gasteiger partial charge in [-0.25, -0.2) is 0 Å². The lowest BCUT2D eigenvalue weighted by atomic mass is 10.3. The summed E-state index contributed by atoms with van der Waals surface area (Å²) in [5.41, 5.74) is 0. The SMILES string of the molecule is [CH2][C@@H]1COCCN1. The summed E-state index contributed by atoms with van der Waals surface area (Å²) in [4.78, 5) is 0. The van der Waals surface area contributed by atoms with Crippen molar-refractivity contribution in [2.45, 2.75) is 6.04 Å². The molecule has 0 aromatic carbocycles. The second-order valence-electron chi connectivity index (χ2n) is 1.73. The minimum atomic E-state index is 0.314.